The molecule has 0 unspecified atom stereocenters. The molecule has 0 spiro atoms. The maximum Gasteiger partial charge on any atom is 0.404 e. The lowest BCUT2D eigenvalue weighted by Gasteiger charge is -2.32. The van der Waals surface area contributed by atoms with Gasteiger partial charge in [0.25, 0.3) is 0 Å². The average molecular weight is 213 g/mol. The largest absolute Gasteiger partial charge is 0.446 e. The third-order valence-corrected chi connectivity index (χ3v) is 2.75. The van der Waals surface area contributed by atoms with Crippen molar-refractivity contribution < 1.29 is 9.53 Å². The van der Waals surface area contributed by atoms with Crippen LogP contribution in [-0.2, 0) is 4.74 Å². The Hall–Kier alpha value is -1.50. The monoisotopic (exact) mass is 213 g/mol. The summed E-state index contributed by atoms with van der Waals surface area (Å²) in [6.07, 6.45) is 4.63. The zero-order chi connectivity index (χ0) is 10.7. The summed E-state index contributed by atoms with van der Waals surface area (Å²) in [5, 5.41) is 5.77. The summed E-state index contributed by atoms with van der Waals surface area (Å²) in [6, 6.07) is 0.400. The van der Waals surface area contributed by atoms with Crippen molar-refractivity contribution in [1.82, 2.24) is 16.1 Å². The summed E-state index contributed by atoms with van der Waals surface area (Å²) in [4.78, 5) is 10.6. The van der Waals surface area contributed by atoms with E-state index in [4.69, 9.17) is 10.5 Å². The number of primary amides is 1. The molecule has 15 heavy (non-hydrogen) atoms. The molecule has 0 bridgehead atoms. The van der Waals surface area contributed by atoms with Crippen molar-refractivity contribution in [3.05, 3.63) is 0 Å². The predicted molar refractivity (Wildman–Crippen MR) is 53.3 cm³/mol. The fourth-order valence-corrected chi connectivity index (χ4v) is 2.00. The van der Waals surface area contributed by atoms with Gasteiger partial charge in [-0.2, -0.15) is 5.10 Å². The van der Waals surface area contributed by atoms with Gasteiger partial charge in [-0.25, -0.2) is 10.3 Å². The normalized spacial score (nSPS) is 30.0. The van der Waals surface area contributed by atoms with Gasteiger partial charge in [-0.05, 0) is 25.7 Å². The number of rotatable bonds is 2. The number of amides is 1. The number of hydrogen-bond donors (Lipinski definition) is 3. The van der Waals surface area contributed by atoms with E-state index < -0.39 is 6.09 Å². The van der Waals surface area contributed by atoms with Gasteiger partial charge in [-0.1, -0.05) is 0 Å². The Bertz CT molecular complexity index is 262. The van der Waals surface area contributed by atoms with Crippen LogP contribution >= 0.6 is 0 Å². The zero-order valence-electron chi connectivity index (χ0n) is 8.35. The maximum atomic E-state index is 10.6. The van der Waals surface area contributed by atoms with Crippen LogP contribution in [0, 0.1) is 0 Å². The molecule has 0 aromatic carbocycles. The highest BCUT2D eigenvalue weighted by Gasteiger charge is 2.27. The van der Waals surface area contributed by atoms with Gasteiger partial charge < -0.3 is 10.5 Å². The molecule has 0 saturated heterocycles. The van der Waals surface area contributed by atoms with Crippen molar-refractivity contribution >= 4 is 12.4 Å². The van der Waals surface area contributed by atoms with Gasteiger partial charge in [-0.3, -0.25) is 5.01 Å². The van der Waals surface area contributed by atoms with Crippen molar-refractivity contribution in [2.45, 2.75) is 37.8 Å². The molecule has 0 atom stereocenters. The van der Waals surface area contributed by atoms with E-state index in [9.17, 15) is 4.79 Å². The number of nitrogens with zero attached hydrogens (tertiary/aromatic N) is 2. The third-order valence-electron chi connectivity index (χ3n) is 2.75. The second kappa shape index (κ2) is 4.35. The van der Waals surface area contributed by atoms with Gasteiger partial charge in [0.1, 0.15) is 12.4 Å². The molecule has 1 amide bonds. The molecule has 0 aromatic heterocycles. The minimum Gasteiger partial charge on any atom is -0.446 e. The first-order chi connectivity index (χ1) is 7.25. The van der Waals surface area contributed by atoms with Gasteiger partial charge in [0.05, 0.1) is 0 Å². The zero-order valence-corrected chi connectivity index (χ0v) is 8.35. The molecule has 7 heteroatoms. The third kappa shape index (κ3) is 2.50. The van der Waals surface area contributed by atoms with Gasteiger partial charge >= 0.3 is 6.09 Å². The van der Waals surface area contributed by atoms with E-state index in [2.05, 4.69) is 16.2 Å². The fourth-order valence-electron chi connectivity index (χ4n) is 2.00. The quantitative estimate of drug-likeness (QED) is 0.583. The van der Waals surface area contributed by atoms with Gasteiger partial charge in [0.2, 0.25) is 0 Å². The lowest BCUT2D eigenvalue weighted by atomic mass is 9.93. The maximum absolute atomic E-state index is 10.6. The standard InChI is InChI=1S/C8H15N5O2/c9-8(14)15-7-3-1-6(2-4-7)13-5-10-11-12-13/h5-7,11-12H,1-4H2,(H2,9,14). The van der Waals surface area contributed by atoms with E-state index in [0.717, 1.165) is 25.7 Å². The molecule has 1 aliphatic heterocycles. The molecule has 1 aliphatic carbocycles. The van der Waals surface area contributed by atoms with Crippen molar-refractivity contribution in [3.8, 4) is 0 Å². The number of hydrazine groups is 2. The molecule has 4 N–H and O–H groups in total. The first-order valence-electron chi connectivity index (χ1n) is 5.04. The van der Waals surface area contributed by atoms with Gasteiger partial charge in [0, 0.05) is 6.04 Å². The summed E-state index contributed by atoms with van der Waals surface area (Å²) >= 11 is 0. The van der Waals surface area contributed by atoms with E-state index in [1.54, 1.807) is 6.34 Å². The highest BCUT2D eigenvalue weighted by molar-refractivity contribution is 5.64. The Morgan fingerprint density at radius 1 is 1.47 bits per heavy atom. The number of ether oxygens (including phenoxy) is 1. The Morgan fingerprint density at radius 2 is 2.20 bits per heavy atom. The summed E-state index contributed by atoms with van der Waals surface area (Å²) in [5.74, 6) is 0. The molecule has 0 radical (unpaired) electrons. The van der Waals surface area contributed by atoms with E-state index in [1.165, 1.54) is 0 Å². The van der Waals surface area contributed by atoms with Crippen LogP contribution in [0.4, 0.5) is 4.79 Å². The predicted octanol–water partition coefficient (Wildman–Crippen LogP) is -0.339. The smallest absolute Gasteiger partial charge is 0.404 e. The summed E-state index contributed by atoms with van der Waals surface area (Å²) in [7, 11) is 0. The topological polar surface area (TPSA) is 92.0 Å². The van der Waals surface area contributed by atoms with Gasteiger partial charge in [-0.15, -0.1) is 5.53 Å². The van der Waals surface area contributed by atoms with Crippen LogP contribution in [0.5, 0.6) is 0 Å². The number of nitrogens with two attached hydrogens (primary N) is 1. The summed E-state index contributed by atoms with van der Waals surface area (Å²) < 4.78 is 4.95. The molecule has 0 aromatic rings. The van der Waals surface area contributed by atoms with Crippen LogP contribution in [0.1, 0.15) is 25.7 Å². The van der Waals surface area contributed by atoms with Crippen molar-refractivity contribution in [3.63, 3.8) is 0 Å². The lowest BCUT2D eigenvalue weighted by Crippen LogP contribution is -2.46. The van der Waals surface area contributed by atoms with Crippen LogP contribution in [0.25, 0.3) is 0 Å². The van der Waals surface area contributed by atoms with E-state index in [-0.39, 0.29) is 6.10 Å². The second-order valence-corrected chi connectivity index (χ2v) is 3.74. The average Bonchev–Trinajstić information content (AvgIpc) is 2.71. The first-order valence-corrected chi connectivity index (χ1v) is 5.04. The van der Waals surface area contributed by atoms with E-state index >= 15 is 0 Å². The van der Waals surface area contributed by atoms with E-state index in [0.29, 0.717) is 6.04 Å². The summed E-state index contributed by atoms with van der Waals surface area (Å²) in [6.45, 7) is 0. The van der Waals surface area contributed by atoms with Crippen LogP contribution in [0.3, 0.4) is 0 Å². The van der Waals surface area contributed by atoms with Crippen LogP contribution < -0.4 is 16.8 Å². The molecular formula is C8H15N5O2. The first kappa shape index (κ1) is 10.0. The molecule has 1 saturated carbocycles. The number of carbonyl (C=O) groups is 1. The highest BCUT2D eigenvalue weighted by atomic mass is 16.6. The highest BCUT2D eigenvalue weighted by Crippen LogP contribution is 2.23. The van der Waals surface area contributed by atoms with Gasteiger partial charge in [0.15, 0.2) is 0 Å². The van der Waals surface area contributed by atoms with Crippen LogP contribution in [0.2, 0.25) is 0 Å². The number of carbonyl (C=O) groups excluding carboxylic acids is 1. The Labute approximate surface area is 87.6 Å². The Morgan fingerprint density at radius 3 is 2.73 bits per heavy atom. The molecule has 84 valence electrons. The van der Waals surface area contributed by atoms with Crippen molar-refractivity contribution in [1.29, 1.82) is 0 Å². The number of nitrogens with one attached hydrogen (secondary N) is 2. The van der Waals surface area contributed by atoms with Crippen LogP contribution in [0.15, 0.2) is 5.10 Å². The van der Waals surface area contributed by atoms with Crippen LogP contribution in [-0.4, -0.2) is 29.6 Å². The molecule has 1 fully saturated rings. The van der Waals surface area contributed by atoms with Crippen molar-refractivity contribution in [2.24, 2.45) is 10.8 Å². The fraction of sp³-hybridized carbons (Fsp3) is 0.750. The molecule has 2 aliphatic rings. The van der Waals surface area contributed by atoms with Crippen molar-refractivity contribution in [2.75, 3.05) is 0 Å². The SMILES string of the molecule is NC(=O)OC1CCC(N2C=NNN2)CC1. The second-order valence-electron chi connectivity index (χ2n) is 3.74. The lowest BCUT2D eigenvalue weighted by molar-refractivity contribution is 0.0586. The van der Waals surface area contributed by atoms with E-state index in [1.807, 2.05) is 5.01 Å². The Balaban J connectivity index is 1.76. The minimum absolute atomic E-state index is 0.0220. The molecule has 7 nitrogen and oxygen atoms in total. The summed E-state index contributed by atoms with van der Waals surface area (Å²) in [5.41, 5.74) is 10.5. The Kier molecular flexibility index (Phi) is 2.91. The molecule has 1 heterocycles. The number of hydrazone groups is 1. The number of hydrogen-bond acceptors (Lipinski definition) is 6. The molecular weight excluding hydrogens is 198 g/mol. The minimum atomic E-state index is -0.680. The molecule has 2 rings (SSSR count).